The van der Waals surface area contributed by atoms with Crippen molar-refractivity contribution in [3.05, 3.63) is 250 Å². The highest BCUT2D eigenvalue weighted by Gasteiger charge is 2.24. The third-order valence-corrected chi connectivity index (χ3v) is 11.5. The van der Waals surface area contributed by atoms with Gasteiger partial charge in [0.25, 0.3) is 0 Å². The average Bonchev–Trinajstić information content (AvgIpc) is 3.44. The minimum atomic E-state index is -0.729. The molecular weight excluding hydrogens is 913 g/mol. The molecular formula is C63H54N2O8. The summed E-state index contributed by atoms with van der Waals surface area (Å²) >= 11 is 0. The number of methoxy groups -OCH3 is 2. The Morgan fingerprint density at radius 3 is 1.40 bits per heavy atom. The van der Waals surface area contributed by atoms with Crippen molar-refractivity contribution in [1.29, 1.82) is 0 Å². The molecule has 0 saturated carbocycles. The normalized spacial score (nSPS) is 11.6. The van der Waals surface area contributed by atoms with Crippen molar-refractivity contribution >= 4 is 34.9 Å². The van der Waals surface area contributed by atoms with Crippen LogP contribution in [-0.4, -0.2) is 63.0 Å². The quantitative estimate of drug-likeness (QED) is 0.0433. The molecule has 0 radical (unpaired) electrons. The van der Waals surface area contributed by atoms with Gasteiger partial charge in [0.1, 0.15) is 36.8 Å². The van der Waals surface area contributed by atoms with Gasteiger partial charge in [-0.05, 0) is 115 Å². The summed E-state index contributed by atoms with van der Waals surface area (Å²) in [6.07, 6.45) is 6.16. The summed E-state index contributed by atoms with van der Waals surface area (Å²) in [6, 6.07) is 53.6. The van der Waals surface area contributed by atoms with E-state index >= 15 is 0 Å². The van der Waals surface area contributed by atoms with Gasteiger partial charge in [-0.2, -0.15) is 0 Å². The van der Waals surface area contributed by atoms with E-state index in [9.17, 15) is 19.2 Å². The van der Waals surface area contributed by atoms with E-state index in [1.807, 2.05) is 140 Å². The average molecular weight is 967 g/mol. The standard InChI is InChI=1S/C63H54N2O8/c1-45(40-42-73-53-38-34-49(35-39-53)44-59(63(69)71-3)65-57-25-15-13-23-55(57)61(67)51-20-10-5-11-21-51)26-27-47-30-28-46(29-31-47)17-7-6-16-41-72-52-36-32-48(33-37-52)43-58(62(68)70-2)64-56-24-14-12-22-54(56)60(66)50-18-8-4-9-19-50/h4-6,8-16,18-25,28-40,58-59,64-65H,41-44H2,1-3H3/b16-6+,45-40+. The zero-order valence-corrected chi connectivity index (χ0v) is 40.8. The van der Waals surface area contributed by atoms with Crippen molar-refractivity contribution < 1.29 is 38.1 Å². The predicted octanol–water partition coefficient (Wildman–Crippen LogP) is 10.9. The number of carbonyl (C=O) groups excluding carboxylic acids is 4. The zero-order chi connectivity index (χ0) is 51.2. The third-order valence-electron chi connectivity index (χ3n) is 11.5. The van der Waals surface area contributed by atoms with E-state index in [-0.39, 0.29) is 11.6 Å². The maximum Gasteiger partial charge on any atom is 0.328 e. The molecule has 7 rings (SSSR count). The van der Waals surface area contributed by atoms with Gasteiger partial charge in [-0.25, -0.2) is 9.59 Å². The van der Waals surface area contributed by atoms with E-state index in [0.29, 0.717) is 71.2 Å². The van der Waals surface area contributed by atoms with Crippen LogP contribution in [0.3, 0.4) is 0 Å². The van der Waals surface area contributed by atoms with Gasteiger partial charge in [0, 0.05) is 57.6 Å². The van der Waals surface area contributed by atoms with Gasteiger partial charge < -0.3 is 29.6 Å². The van der Waals surface area contributed by atoms with Crippen LogP contribution in [0.2, 0.25) is 0 Å². The lowest BCUT2D eigenvalue weighted by atomic mass is 10.00. The van der Waals surface area contributed by atoms with Crippen molar-refractivity contribution in [2.24, 2.45) is 0 Å². The Morgan fingerprint density at radius 2 is 0.932 bits per heavy atom. The first-order valence-electron chi connectivity index (χ1n) is 23.6. The molecule has 0 aliphatic carbocycles. The second-order valence-electron chi connectivity index (χ2n) is 16.6. The number of ether oxygens (including phenoxy) is 4. The van der Waals surface area contributed by atoms with Crippen LogP contribution in [0.15, 0.2) is 206 Å². The summed E-state index contributed by atoms with van der Waals surface area (Å²) in [5, 5.41) is 6.49. The Labute approximate surface area is 426 Å². The molecule has 10 nitrogen and oxygen atoms in total. The Balaban J connectivity index is 0.836. The fourth-order valence-corrected chi connectivity index (χ4v) is 7.56. The van der Waals surface area contributed by atoms with Gasteiger partial charge in [0.15, 0.2) is 11.6 Å². The number of hydrogen-bond acceptors (Lipinski definition) is 10. The monoisotopic (exact) mass is 966 g/mol. The Morgan fingerprint density at radius 1 is 0.507 bits per heavy atom. The number of allylic oxidation sites excluding steroid dienone is 2. The van der Waals surface area contributed by atoms with Crippen molar-refractivity contribution in [3.63, 3.8) is 0 Å². The minimum absolute atomic E-state index is 0.142. The third kappa shape index (κ3) is 15.3. The Hall–Kier alpha value is -9.38. The van der Waals surface area contributed by atoms with E-state index in [0.717, 1.165) is 27.8 Å². The van der Waals surface area contributed by atoms with E-state index in [4.69, 9.17) is 18.9 Å². The van der Waals surface area contributed by atoms with Crippen LogP contribution in [0.1, 0.15) is 61.0 Å². The molecule has 0 spiro atoms. The highest BCUT2D eigenvalue weighted by molar-refractivity contribution is 6.13. The molecule has 0 fully saturated rings. The molecule has 0 saturated heterocycles. The first-order valence-corrected chi connectivity index (χ1v) is 23.6. The molecule has 7 aromatic carbocycles. The lowest BCUT2D eigenvalue weighted by molar-refractivity contribution is -0.142. The van der Waals surface area contributed by atoms with Crippen LogP contribution < -0.4 is 20.1 Å². The van der Waals surface area contributed by atoms with Crippen LogP contribution in [-0.2, 0) is 31.9 Å². The molecule has 0 aliphatic heterocycles. The van der Waals surface area contributed by atoms with Gasteiger partial charge >= 0.3 is 11.9 Å². The molecule has 0 aliphatic rings. The van der Waals surface area contributed by atoms with Gasteiger partial charge in [-0.1, -0.05) is 133 Å². The van der Waals surface area contributed by atoms with E-state index in [2.05, 4.69) is 34.3 Å². The van der Waals surface area contributed by atoms with Gasteiger partial charge in [-0.3, -0.25) is 9.59 Å². The second kappa shape index (κ2) is 26.6. The van der Waals surface area contributed by atoms with E-state index in [1.165, 1.54) is 14.2 Å². The maximum absolute atomic E-state index is 13.3. The number of benzene rings is 7. The van der Waals surface area contributed by atoms with E-state index in [1.54, 1.807) is 66.7 Å². The number of para-hydroxylation sites is 2. The summed E-state index contributed by atoms with van der Waals surface area (Å²) in [5.41, 5.74) is 7.49. The number of anilines is 2. The molecule has 10 heteroatoms. The SMILES string of the molecule is COC(=O)C(Cc1ccc(OC/C=C/C#Cc2ccc(C#C/C(C)=C/COc3ccc(CC(Nc4ccccc4C(=O)c4ccccc4)C(=O)OC)cc3)cc2)cc1)Nc1ccccc1C(=O)c1ccccc1. The summed E-state index contributed by atoms with van der Waals surface area (Å²) in [5.74, 6) is 12.7. The predicted molar refractivity (Wildman–Crippen MR) is 286 cm³/mol. The number of nitrogens with one attached hydrogen (secondary N) is 2. The van der Waals surface area contributed by atoms with Crippen LogP contribution >= 0.6 is 0 Å². The number of hydrogen-bond donors (Lipinski definition) is 2. The number of carbonyl (C=O) groups is 4. The number of ketones is 2. The van der Waals surface area contributed by atoms with Gasteiger partial charge in [0.05, 0.1) is 14.2 Å². The first kappa shape index (κ1) is 51.5. The van der Waals surface area contributed by atoms with Gasteiger partial charge in [0.2, 0.25) is 0 Å². The maximum atomic E-state index is 13.3. The van der Waals surface area contributed by atoms with Crippen LogP contribution in [0.5, 0.6) is 11.5 Å². The first-order chi connectivity index (χ1) is 35.7. The molecule has 0 amide bonds. The molecule has 0 heterocycles. The largest absolute Gasteiger partial charge is 0.490 e. The summed E-state index contributed by atoms with van der Waals surface area (Å²) in [7, 11) is 2.69. The van der Waals surface area contributed by atoms with Crippen molar-refractivity contribution in [1.82, 2.24) is 0 Å². The lowest BCUT2D eigenvalue weighted by Crippen LogP contribution is -2.33. The second-order valence-corrected chi connectivity index (χ2v) is 16.6. The molecule has 0 bridgehead atoms. The summed E-state index contributed by atoms with van der Waals surface area (Å²) in [4.78, 5) is 52.3. The fraction of sp³-hybridized carbons (Fsp3) is 0.143. The van der Waals surface area contributed by atoms with E-state index < -0.39 is 24.0 Å². The number of rotatable bonds is 20. The van der Waals surface area contributed by atoms with Crippen LogP contribution in [0.25, 0.3) is 0 Å². The Bertz CT molecular complexity index is 3180. The summed E-state index contributed by atoms with van der Waals surface area (Å²) in [6.45, 7) is 2.57. The lowest BCUT2D eigenvalue weighted by Gasteiger charge is -2.20. The smallest absolute Gasteiger partial charge is 0.328 e. The number of esters is 2. The van der Waals surface area contributed by atoms with Crippen LogP contribution in [0, 0.1) is 23.7 Å². The Kier molecular flexibility index (Phi) is 18.7. The minimum Gasteiger partial charge on any atom is -0.490 e. The van der Waals surface area contributed by atoms with Gasteiger partial charge in [-0.15, -0.1) is 0 Å². The molecule has 2 unspecified atom stereocenters. The van der Waals surface area contributed by atoms with Crippen molar-refractivity contribution in [2.45, 2.75) is 31.8 Å². The molecule has 7 aromatic rings. The highest BCUT2D eigenvalue weighted by Crippen LogP contribution is 2.24. The topological polar surface area (TPSA) is 129 Å². The molecule has 2 atom stereocenters. The van der Waals surface area contributed by atoms with Crippen LogP contribution in [0.4, 0.5) is 11.4 Å². The fourth-order valence-electron chi connectivity index (χ4n) is 7.56. The molecule has 0 aromatic heterocycles. The zero-order valence-electron chi connectivity index (χ0n) is 40.8. The van der Waals surface area contributed by atoms with Crippen molar-refractivity contribution in [2.75, 3.05) is 38.1 Å². The van der Waals surface area contributed by atoms with Crippen molar-refractivity contribution in [3.8, 4) is 35.2 Å². The molecule has 364 valence electrons. The highest BCUT2D eigenvalue weighted by atomic mass is 16.5. The summed E-state index contributed by atoms with van der Waals surface area (Å²) < 4.78 is 22.1. The molecule has 2 N–H and O–H groups in total. The molecule has 73 heavy (non-hydrogen) atoms.